The highest BCUT2D eigenvalue weighted by Gasteiger charge is 2.47. The first-order valence-electron chi connectivity index (χ1n) is 12.8. The van der Waals surface area contributed by atoms with Crippen molar-refractivity contribution in [3.63, 3.8) is 0 Å². The van der Waals surface area contributed by atoms with Crippen molar-refractivity contribution in [2.45, 2.75) is 13.0 Å². The number of fused-ring (bicyclic) bond motifs is 3. The van der Waals surface area contributed by atoms with Gasteiger partial charge >= 0.3 is 0 Å². The summed E-state index contributed by atoms with van der Waals surface area (Å²) in [6, 6.07) is 10.7. The molecule has 7 rings (SSSR count). The zero-order valence-corrected chi connectivity index (χ0v) is 21.5. The van der Waals surface area contributed by atoms with Gasteiger partial charge in [-0.2, -0.15) is 5.10 Å². The molecule has 1 aromatic carbocycles. The van der Waals surface area contributed by atoms with Crippen LogP contribution in [0.1, 0.15) is 5.56 Å². The molecule has 200 valence electrons. The molecule has 2 aliphatic rings. The number of carbonyl (C=O) groups is 1. The van der Waals surface area contributed by atoms with Crippen LogP contribution < -0.4 is 15.0 Å². The quantitative estimate of drug-likeness (QED) is 0.322. The van der Waals surface area contributed by atoms with E-state index in [0.717, 1.165) is 18.9 Å². The summed E-state index contributed by atoms with van der Waals surface area (Å²) in [5.41, 5.74) is 2.36. The Balaban J connectivity index is 1.14. The average molecular weight is 538 g/mol. The molecule has 0 spiro atoms. The van der Waals surface area contributed by atoms with Gasteiger partial charge < -0.3 is 19.9 Å². The van der Waals surface area contributed by atoms with Crippen LogP contribution in [0.25, 0.3) is 16.7 Å². The predicted octanol–water partition coefficient (Wildman–Crippen LogP) is 3.88. The second-order valence-electron chi connectivity index (χ2n) is 9.89. The Labute approximate surface area is 228 Å². The van der Waals surface area contributed by atoms with Crippen molar-refractivity contribution in [3.8, 4) is 11.5 Å². The number of benzene rings is 1. The first-order valence-corrected chi connectivity index (χ1v) is 12.8. The summed E-state index contributed by atoms with van der Waals surface area (Å²) < 4.78 is 23.1. The maximum absolute atomic E-state index is 15.5. The minimum atomic E-state index is -0.466. The fourth-order valence-corrected chi connectivity index (χ4v) is 5.38. The maximum Gasteiger partial charge on any atom is 0.246 e. The smallest absolute Gasteiger partial charge is 0.246 e. The Morgan fingerprint density at radius 3 is 2.90 bits per heavy atom. The lowest BCUT2D eigenvalue weighted by Crippen LogP contribution is -2.57. The number of hydrogen-bond donors (Lipinski definition) is 1. The summed E-state index contributed by atoms with van der Waals surface area (Å²) in [5, 5.41) is 7.16. The number of anilines is 3. The number of pyridine rings is 2. The number of nitrogens with one attached hydrogen (secondary N) is 1. The van der Waals surface area contributed by atoms with Crippen LogP contribution in [0.3, 0.4) is 0 Å². The molecule has 5 aromatic rings. The SMILES string of the molecule is C=CC(=O)N1C[C@@H]2CN(c3ccc4ncnc(Nc5ccc(Oc6ccn7ncnc7c6)c(C)c5F)c4n3)C[C@@H]21. The van der Waals surface area contributed by atoms with E-state index in [1.165, 1.54) is 18.7 Å². The molecule has 2 saturated heterocycles. The molecule has 2 atom stereocenters. The molecule has 0 bridgehead atoms. The Morgan fingerprint density at radius 2 is 2.02 bits per heavy atom. The number of amides is 1. The van der Waals surface area contributed by atoms with Crippen LogP contribution in [-0.4, -0.2) is 66.0 Å². The number of likely N-dealkylation sites (tertiary alicyclic amines) is 1. The molecule has 40 heavy (non-hydrogen) atoms. The topological polar surface area (TPSA) is 114 Å². The lowest BCUT2D eigenvalue weighted by atomic mass is 9.92. The molecule has 4 aromatic heterocycles. The molecule has 2 fully saturated rings. The van der Waals surface area contributed by atoms with Crippen molar-refractivity contribution < 1.29 is 13.9 Å². The molecule has 0 saturated carbocycles. The van der Waals surface area contributed by atoms with Gasteiger partial charge in [0.25, 0.3) is 0 Å². The molecule has 0 radical (unpaired) electrons. The Hall–Kier alpha value is -5.13. The lowest BCUT2D eigenvalue weighted by Gasteiger charge is -2.42. The standard InChI is InChI=1S/C28H24FN9O2/c1-3-25(39)37-12-17-11-36(13-21(17)37)23-7-5-20-27(35-23)28(32-14-30-20)34-19-4-6-22(16(2)26(19)29)40-18-8-9-38-24(10-18)31-15-33-38/h3-10,14-15,17,21H,1,11-13H2,2H3,(H,30,32,34)/t17-,21-/m0/s1. The molecule has 1 N–H and O–H groups in total. The molecular weight excluding hydrogens is 513 g/mol. The Kier molecular flexibility index (Phi) is 5.54. The molecule has 12 heteroatoms. The van der Waals surface area contributed by atoms with Crippen LogP contribution in [0.4, 0.5) is 21.7 Å². The summed E-state index contributed by atoms with van der Waals surface area (Å²) in [4.78, 5) is 33.8. The van der Waals surface area contributed by atoms with Gasteiger partial charge in [-0.25, -0.2) is 28.8 Å². The molecule has 6 heterocycles. The Morgan fingerprint density at radius 1 is 1.12 bits per heavy atom. The van der Waals surface area contributed by atoms with Crippen molar-refractivity contribution in [2.75, 3.05) is 29.9 Å². The molecule has 11 nitrogen and oxygen atoms in total. The largest absolute Gasteiger partial charge is 0.457 e. The highest BCUT2D eigenvalue weighted by Crippen LogP contribution is 2.36. The highest BCUT2D eigenvalue weighted by molar-refractivity contribution is 5.89. The van der Waals surface area contributed by atoms with Crippen molar-refractivity contribution >= 4 is 39.9 Å². The van der Waals surface area contributed by atoms with E-state index in [0.29, 0.717) is 52.0 Å². The predicted molar refractivity (Wildman–Crippen MR) is 146 cm³/mol. The molecule has 1 amide bonds. The van der Waals surface area contributed by atoms with E-state index < -0.39 is 5.82 Å². The summed E-state index contributed by atoms with van der Waals surface area (Å²) >= 11 is 0. The minimum absolute atomic E-state index is 0.0420. The monoisotopic (exact) mass is 537 g/mol. The van der Waals surface area contributed by atoms with Crippen molar-refractivity contribution in [1.82, 2.24) is 34.4 Å². The van der Waals surface area contributed by atoms with E-state index in [1.54, 1.807) is 41.9 Å². The maximum atomic E-state index is 15.5. The minimum Gasteiger partial charge on any atom is -0.457 e. The van der Waals surface area contributed by atoms with Gasteiger partial charge in [-0.15, -0.1) is 0 Å². The van der Waals surface area contributed by atoms with Crippen LogP contribution in [0.5, 0.6) is 11.5 Å². The fourth-order valence-electron chi connectivity index (χ4n) is 5.38. The van der Waals surface area contributed by atoms with Crippen molar-refractivity contribution in [3.05, 3.63) is 79.3 Å². The first kappa shape index (κ1) is 23.9. The third kappa shape index (κ3) is 3.96. The van der Waals surface area contributed by atoms with Gasteiger partial charge in [-0.1, -0.05) is 6.58 Å². The summed E-state index contributed by atoms with van der Waals surface area (Å²) in [7, 11) is 0. The van der Waals surface area contributed by atoms with Gasteiger partial charge in [0.05, 0.1) is 17.2 Å². The van der Waals surface area contributed by atoms with Gasteiger partial charge in [0.2, 0.25) is 5.91 Å². The van der Waals surface area contributed by atoms with Crippen molar-refractivity contribution in [1.29, 1.82) is 0 Å². The van der Waals surface area contributed by atoms with Crippen LogP contribution in [0.2, 0.25) is 0 Å². The van der Waals surface area contributed by atoms with Crippen LogP contribution in [-0.2, 0) is 4.79 Å². The number of carbonyl (C=O) groups excluding carboxylic acids is 1. The molecule has 0 unspecified atom stereocenters. The summed E-state index contributed by atoms with van der Waals surface area (Å²) in [6.07, 6.45) is 5.96. The highest BCUT2D eigenvalue weighted by atomic mass is 19.1. The van der Waals surface area contributed by atoms with Crippen LogP contribution >= 0.6 is 0 Å². The summed E-state index contributed by atoms with van der Waals surface area (Å²) in [5.74, 6) is 1.95. The van der Waals surface area contributed by atoms with Gasteiger partial charge in [-0.3, -0.25) is 4.79 Å². The zero-order chi connectivity index (χ0) is 27.4. The molecule has 0 aliphatic carbocycles. The van der Waals surface area contributed by atoms with Crippen LogP contribution in [0.15, 0.2) is 67.9 Å². The molecule has 2 aliphatic heterocycles. The van der Waals surface area contributed by atoms with Crippen LogP contribution in [0, 0.1) is 18.7 Å². The van der Waals surface area contributed by atoms with E-state index in [-0.39, 0.29) is 17.6 Å². The average Bonchev–Trinajstić information content (AvgIpc) is 3.56. The normalized spacial score (nSPS) is 18.1. The van der Waals surface area contributed by atoms with Gasteiger partial charge in [0.1, 0.15) is 35.5 Å². The van der Waals surface area contributed by atoms with E-state index in [9.17, 15) is 4.79 Å². The van der Waals surface area contributed by atoms with Gasteiger partial charge in [0, 0.05) is 43.4 Å². The number of aromatic nitrogens is 6. The lowest BCUT2D eigenvalue weighted by molar-refractivity contribution is -0.135. The number of halogens is 1. The second kappa shape index (κ2) is 9.26. The first-order chi connectivity index (χ1) is 19.5. The van der Waals surface area contributed by atoms with Crippen molar-refractivity contribution in [2.24, 2.45) is 5.92 Å². The third-order valence-corrected chi connectivity index (χ3v) is 7.56. The van der Waals surface area contributed by atoms with Gasteiger partial charge in [0.15, 0.2) is 17.3 Å². The van der Waals surface area contributed by atoms with E-state index in [2.05, 4.69) is 36.8 Å². The van der Waals surface area contributed by atoms with E-state index >= 15 is 4.39 Å². The van der Waals surface area contributed by atoms with E-state index in [1.807, 2.05) is 17.0 Å². The number of hydrogen-bond acceptors (Lipinski definition) is 9. The van der Waals surface area contributed by atoms with Gasteiger partial charge in [-0.05, 0) is 43.3 Å². The number of nitrogens with zero attached hydrogens (tertiary/aromatic N) is 8. The second-order valence-corrected chi connectivity index (χ2v) is 9.89. The van der Waals surface area contributed by atoms with E-state index in [4.69, 9.17) is 9.72 Å². The summed E-state index contributed by atoms with van der Waals surface area (Å²) in [6.45, 7) is 7.48. The fraction of sp³-hybridized carbons (Fsp3) is 0.214. The zero-order valence-electron chi connectivity index (χ0n) is 21.5. The number of rotatable bonds is 6. The molecular formula is C28H24FN9O2. The number of ether oxygens (including phenoxy) is 1. The third-order valence-electron chi connectivity index (χ3n) is 7.56. The Bertz CT molecular complexity index is 1810.